The number of rotatable bonds is 7. The van der Waals surface area contributed by atoms with Crippen molar-refractivity contribution in [3.05, 3.63) is 218 Å². The van der Waals surface area contributed by atoms with Crippen LogP contribution in [0.25, 0.3) is 117 Å². The first-order valence-corrected chi connectivity index (χ1v) is 20.8. The van der Waals surface area contributed by atoms with Crippen molar-refractivity contribution >= 4 is 43.7 Å². The number of hydrogen-bond donors (Lipinski definition) is 0. The van der Waals surface area contributed by atoms with Crippen LogP contribution in [-0.2, 0) is 0 Å². The summed E-state index contributed by atoms with van der Waals surface area (Å²) >= 11 is 0. The lowest BCUT2D eigenvalue weighted by molar-refractivity contribution is 0.666. The van der Waals surface area contributed by atoms with E-state index in [-0.39, 0.29) is 0 Å². The molecule has 3 heterocycles. The summed E-state index contributed by atoms with van der Waals surface area (Å²) in [6.07, 6.45) is 0. The predicted molar refractivity (Wildman–Crippen MR) is 254 cm³/mol. The SMILES string of the molecule is c1ccc(-c2cccc(-c3nc(-c4ccccc4)nc(-c4ccc5c(c4)oc4c(-n6c7cc(-c8ccccc8)ccc7c7ccc(-c8ccccc8)cc76)cccc45)n3)c2)cc1. The lowest BCUT2D eigenvalue weighted by Crippen LogP contribution is -2.00. The molecule has 9 aromatic carbocycles. The van der Waals surface area contributed by atoms with Gasteiger partial charge >= 0.3 is 0 Å². The molecule has 3 aromatic heterocycles. The number of benzene rings is 9. The fraction of sp³-hybridized carbons (Fsp3) is 0. The Labute approximate surface area is 357 Å². The summed E-state index contributed by atoms with van der Waals surface area (Å²) < 4.78 is 9.38. The third-order valence-electron chi connectivity index (χ3n) is 11.9. The molecule has 0 aliphatic carbocycles. The average molecular weight is 793 g/mol. The Bertz CT molecular complexity index is 3520. The van der Waals surface area contributed by atoms with Gasteiger partial charge in [0.2, 0.25) is 0 Å². The monoisotopic (exact) mass is 792 g/mol. The van der Waals surface area contributed by atoms with E-state index in [2.05, 4.69) is 187 Å². The Morgan fingerprint density at radius 3 is 1.27 bits per heavy atom. The molecule has 5 heteroatoms. The lowest BCUT2D eigenvalue weighted by atomic mass is 10.0. The maximum atomic E-state index is 7.00. The zero-order valence-corrected chi connectivity index (χ0v) is 33.5. The van der Waals surface area contributed by atoms with Crippen molar-refractivity contribution < 1.29 is 4.42 Å². The van der Waals surface area contributed by atoms with Gasteiger partial charge in [-0.25, -0.2) is 15.0 Å². The summed E-state index contributed by atoms with van der Waals surface area (Å²) in [7, 11) is 0. The second-order valence-electron chi connectivity index (χ2n) is 15.6. The van der Waals surface area contributed by atoms with E-state index in [1.54, 1.807) is 0 Å². The normalized spacial score (nSPS) is 11.5. The van der Waals surface area contributed by atoms with Gasteiger partial charge in [-0.15, -0.1) is 0 Å². The molecule has 0 radical (unpaired) electrons. The highest BCUT2D eigenvalue weighted by Crippen LogP contribution is 2.41. The maximum absolute atomic E-state index is 7.00. The molecule has 0 bridgehead atoms. The predicted octanol–water partition coefficient (Wildman–Crippen LogP) is 14.9. The van der Waals surface area contributed by atoms with Crippen LogP contribution < -0.4 is 0 Å². The van der Waals surface area contributed by atoms with Gasteiger partial charge in [-0.1, -0.05) is 182 Å². The molecule has 0 saturated heterocycles. The van der Waals surface area contributed by atoms with E-state index in [1.807, 2.05) is 36.4 Å². The van der Waals surface area contributed by atoms with E-state index < -0.39 is 0 Å². The quantitative estimate of drug-likeness (QED) is 0.161. The number of nitrogens with zero attached hydrogens (tertiary/aromatic N) is 4. The Morgan fingerprint density at radius 2 is 0.710 bits per heavy atom. The minimum atomic E-state index is 0.575. The molecule has 62 heavy (non-hydrogen) atoms. The zero-order valence-electron chi connectivity index (χ0n) is 33.5. The molecule has 0 N–H and O–H groups in total. The van der Waals surface area contributed by atoms with Gasteiger partial charge < -0.3 is 8.98 Å². The number of furan rings is 1. The second kappa shape index (κ2) is 14.7. The largest absolute Gasteiger partial charge is 0.454 e. The third kappa shape index (κ3) is 6.14. The molecule has 290 valence electrons. The summed E-state index contributed by atoms with van der Waals surface area (Å²) in [6, 6.07) is 76.3. The molecule has 0 amide bonds. The molecule has 0 atom stereocenters. The molecule has 5 nitrogen and oxygen atoms in total. The van der Waals surface area contributed by atoms with Crippen LogP contribution in [-0.4, -0.2) is 19.5 Å². The minimum Gasteiger partial charge on any atom is -0.454 e. The zero-order chi connectivity index (χ0) is 41.0. The molecule has 0 unspecified atom stereocenters. The van der Waals surface area contributed by atoms with E-state index >= 15 is 0 Å². The van der Waals surface area contributed by atoms with Crippen molar-refractivity contribution in [3.63, 3.8) is 0 Å². The first-order valence-electron chi connectivity index (χ1n) is 20.8. The van der Waals surface area contributed by atoms with Crippen molar-refractivity contribution in [2.75, 3.05) is 0 Å². The van der Waals surface area contributed by atoms with Crippen LogP contribution in [0.3, 0.4) is 0 Å². The van der Waals surface area contributed by atoms with Crippen LogP contribution in [0.15, 0.2) is 223 Å². The molecule has 0 saturated carbocycles. The topological polar surface area (TPSA) is 56.7 Å². The standard InChI is InChI=1S/C57H36N4O/c1-5-15-37(16-6-1)41-23-13-24-44(33-41)56-58-55(40-21-11-4-12-22-40)59-57(60-56)45-29-32-48-49-25-14-26-50(54(49)62-53(48)36-45)61-51-34-42(38-17-7-2-8-18-38)27-30-46(51)47-31-28-43(35-52(47)61)39-19-9-3-10-20-39/h1-36H. The number of aromatic nitrogens is 4. The van der Waals surface area contributed by atoms with Gasteiger partial charge in [0, 0.05) is 38.2 Å². The first kappa shape index (κ1) is 35.5. The fourth-order valence-corrected chi connectivity index (χ4v) is 8.82. The highest BCUT2D eigenvalue weighted by Gasteiger charge is 2.20. The van der Waals surface area contributed by atoms with Gasteiger partial charge in [0.05, 0.1) is 16.7 Å². The molecular weight excluding hydrogens is 757 g/mol. The van der Waals surface area contributed by atoms with Crippen LogP contribution in [0.5, 0.6) is 0 Å². The van der Waals surface area contributed by atoms with Gasteiger partial charge in [-0.05, 0) is 69.8 Å². The number of fused-ring (bicyclic) bond motifs is 6. The lowest BCUT2D eigenvalue weighted by Gasteiger charge is -2.10. The van der Waals surface area contributed by atoms with Gasteiger partial charge in [0.1, 0.15) is 5.58 Å². The molecule has 12 rings (SSSR count). The Balaban J connectivity index is 1.04. The first-order chi connectivity index (χ1) is 30.7. The fourth-order valence-electron chi connectivity index (χ4n) is 8.82. The second-order valence-corrected chi connectivity index (χ2v) is 15.6. The number of para-hydroxylation sites is 1. The average Bonchev–Trinajstić information content (AvgIpc) is 3.90. The third-order valence-corrected chi connectivity index (χ3v) is 11.9. The molecule has 0 aliphatic heterocycles. The van der Waals surface area contributed by atoms with Crippen LogP contribution >= 0.6 is 0 Å². The summed E-state index contributed by atoms with van der Waals surface area (Å²) in [6.45, 7) is 0. The van der Waals surface area contributed by atoms with E-state index in [9.17, 15) is 0 Å². The minimum absolute atomic E-state index is 0.575. The Morgan fingerprint density at radius 1 is 0.290 bits per heavy atom. The van der Waals surface area contributed by atoms with E-state index in [4.69, 9.17) is 19.4 Å². The van der Waals surface area contributed by atoms with Gasteiger partial charge in [0.15, 0.2) is 23.1 Å². The van der Waals surface area contributed by atoms with Crippen molar-refractivity contribution in [2.24, 2.45) is 0 Å². The number of hydrogen-bond acceptors (Lipinski definition) is 4. The highest BCUT2D eigenvalue weighted by molar-refractivity contribution is 6.14. The van der Waals surface area contributed by atoms with Crippen LogP contribution in [0, 0.1) is 0 Å². The molecule has 12 aromatic rings. The molecule has 0 fully saturated rings. The molecule has 0 spiro atoms. The Kier molecular flexibility index (Phi) is 8.42. The van der Waals surface area contributed by atoms with E-state index in [0.717, 1.165) is 77.6 Å². The smallest absolute Gasteiger partial charge is 0.164 e. The molecule has 0 aliphatic rings. The van der Waals surface area contributed by atoms with E-state index in [0.29, 0.717) is 17.5 Å². The maximum Gasteiger partial charge on any atom is 0.164 e. The van der Waals surface area contributed by atoms with Gasteiger partial charge in [-0.3, -0.25) is 0 Å². The Hall–Kier alpha value is -8.41. The van der Waals surface area contributed by atoms with Crippen LogP contribution in [0.2, 0.25) is 0 Å². The summed E-state index contributed by atoms with van der Waals surface area (Å²) in [5, 5.41) is 4.43. The van der Waals surface area contributed by atoms with Crippen LogP contribution in [0.1, 0.15) is 0 Å². The summed E-state index contributed by atoms with van der Waals surface area (Å²) in [4.78, 5) is 15.2. The van der Waals surface area contributed by atoms with Crippen molar-refractivity contribution in [3.8, 4) is 73.2 Å². The molecular formula is C57H36N4O. The highest BCUT2D eigenvalue weighted by atomic mass is 16.3. The summed E-state index contributed by atoms with van der Waals surface area (Å²) in [5.74, 6) is 1.79. The van der Waals surface area contributed by atoms with E-state index in [1.165, 1.54) is 21.9 Å². The van der Waals surface area contributed by atoms with Gasteiger partial charge in [0.25, 0.3) is 0 Å². The summed E-state index contributed by atoms with van der Waals surface area (Å²) in [5.41, 5.74) is 14.3. The van der Waals surface area contributed by atoms with Crippen molar-refractivity contribution in [1.82, 2.24) is 19.5 Å². The van der Waals surface area contributed by atoms with Gasteiger partial charge in [-0.2, -0.15) is 0 Å². The van der Waals surface area contributed by atoms with Crippen LogP contribution in [0.4, 0.5) is 0 Å². The van der Waals surface area contributed by atoms with Crippen molar-refractivity contribution in [2.45, 2.75) is 0 Å². The van der Waals surface area contributed by atoms with Crippen molar-refractivity contribution in [1.29, 1.82) is 0 Å².